The first-order chi connectivity index (χ1) is 14.4. The molecule has 1 N–H and O–H groups in total. The molecule has 2 aromatic rings. The first-order valence-corrected chi connectivity index (χ1v) is 12.7. The molecule has 2 aromatic carbocycles. The van der Waals surface area contributed by atoms with Crippen LogP contribution in [0.3, 0.4) is 0 Å². The Hall–Kier alpha value is -2.34. The fourth-order valence-electron chi connectivity index (χ4n) is 2.50. The topological polar surface area (TPSA) is 113 Å². The summed E-state index contributed by atoms with van der Waals surface area (Å²) in [6.45, 7) is -0.202. The van der Waals surface area contributed by atoms with Gasteiger partial charge in [-0.25, -0.2) is 21.1 Å². The molecular weight excluding hydrogens is 466 g/mol. The molecule has 0 aliphatic carbocycles. The van der Waals surface area contributed by atoms with Crippen LogP contribution in [-0.2, 0) is 24.8 Å². The molecule has 31 heavy (non-hydrogen) atoms. The van der Waals surface area contributed by atoms with Gasteiger partial charge >= 0.3 is 0 Å². The van der Waals surface area contributed by atoms with Crippen molar-refractivity contribution in [1.29, 1.82) is 0 Å². The van der Waals surface area contributed by atoms with E-state index in [1.807, 2.05) is 0 Å². The minimum Gasteiger partial charge on any atom is -0.492 e. The van der Waals surface area contributed by atoms with Crippen molar-refractivity contribution in [2.45, 2.75) is 4.90 Å². The van der Waals surface area contributed by atoms with E-state index in [1.54, 1.807) is 12.1 Å². The highest BCUT2D eigenvalue weighted by Gasteiger charge is 2.22. The maximum atomic E-state index is 12.2. The quantitative estimate of drug-likeness (QED) is 0.506. The lowest BCUT2D eigenvalue weighted by atomic mass is 10.3. The van der Waals surface area contributed by atoms with Gasteiger partial charge in [0, 0.05) is 14.1 Å². The van der Waals surface area contributed by atoms with Crippen LogP contribution in [0.25, 0.3) is 0 Å². The van der Waals surface area contributed by atoms with Crippen LogP contribution >= 0.6 is 11.6 Å². The van der Waals surface area contributed by atoms with Crippen molar-refractivity contribution < 1.29 is 26.4 Å². The van der Waals surface area contributed by atoms with Gasteiger partial charge in [0.05, 0.1) is 28.4 Å². The first-order valence-electron chi connectivity index (χ1n) is 9.07. The smallest absolute Gasteiger partial charge is 0.242 e. The number of sulfonamides is 2. The number of para-hydroxylation sites is 1. The lowest BCUT2D eigenvalue weighted by molar-refractivity contribution is -0.119. The van der Waals surface area contributed by atoms with E-state index < -0.39 is 32.5 Å². The van der Waals surface area contributed by atoms with Gasteiger partial charge in [-0.1, -0.05) is 23.7 Å². The molecule has 0 saturated heterocycles. The number of nitrogens with one attached hydrogen (secondary N) is 1. The monoisotopic (exact) mass is 489 g/mol. The normalized spacial score (nSPS) is 11.9. The van der Waals surface area contributed by atoms with Crippen molar-refractivity contribution in [1.82, 2.24) is 9.62 Å². The Balaban J connectivity index is 1.90. The van der Waals surface area contributed by atoms with Crippen molar-refractivity contribution >= 4 is 43.2 Å². The minimum atomic E-state index is -3.73. The standard InChI is InChI=1S/C19H24ClN3O6S2/c1-22(2)31(27,28)16-10-8-15(9-11-16)29-13-12-21-19(24)14-23(30(3,25)26)18-7-5-4-6-17(18)20/h4-11H,12-14H2,1-3H3,(H,21,24). The molecule has 12 heteroatoms. The van der Waals surface area contributed by atoms with Crippen molar-refractivity contribution in [2.24, 2.45) is 0 Å². The maximum absolute atomic E-state index is 12.2. The van der Waals surface area contributed by atoms with Crippen LogP contribution in [0.4, 0.5) is 5.69 Å². The number of halogens is 1. The molecule has 0 atom stereocenters. The molecular formula is C19H24ClN3O6S2. The summed E-state index contributed by atoms with van der Waals surface area (Å²) in [4.78, 5) is 12.4. The number of carbonyl (C=O) groups is 1. The van der Waals surface area contributed by atoms with Gasteiger partial charge in [0.2, 0.25) is 26.0 Å². The fraction of sp³-hybridized carbons (Fsp3) is 0.316. The summed E-state index contributed by atoms with van der Waals surface area (Å²) in [6, 6.07) is 12.2. The van der Waals surface area contributed by atoms with Crippen LogP contribution in [0.1, 0.15) is 0 Å². The highest BCUT2D eigenvalue weighted by Crippen LogP contribution is 2.26. The molecule has 0 heterocycles. The van der Waals surface area contributed by atoms with Crippen LogP contribution in [0, 0.1) is 0 Å². The molecule has 0 bridgehead atoms. The third-order valence-corrected chi connectivity index (χ3v) is 7.38. The van der Waals surface area contributed by atoms with Gasteiger partial charge in [-0.3, -0.25) is 9.10 Å². The predicted molar refractivity (Wildman–Crippen MR) is 119 cm³/mol. The third kappa shape index (κ3) is 6.82. The van der Waals surface area contributed by atoms with Gasteiger partial charge in [0.15, 0.2) is 0 Å². The lowest BCUT2D eigenvalue weighted by Gasteiger charge is -2.22. The zero-order valence-corrected chi connectivity index (χ0v) is 19.7. The third-order valence-electron chi connectivity index (χ3n) is 4.10. The number of hydrogen-bond donors (Lipinski definition) is 1. The minimum absolute atomic E-state index is 0.108. The van der Waals surface area contributed by atoms with Gasteiger partial charge in [-0.2, -0.15) is 0 Å². The summed E-state index contributed by atoms with van der Waals surface area (Å²) in [7, 11) is -4.36. The van der Waals surface area contributed by atoms with Gasteiger partial charge in [-0.15, -0.1) is 0 Å². The van der Waals surface area contributed by atoms with E-state index in [0.29, 0.717) is 5.75 Å². The largest absolute Gasteiger partial charge is 0.492 e. The molecule has 0 radical (unpaired) electrons. The second kappa shape index (κ2) is 10.3. The van der Waals surface area contributed by atoms with E-state index in [-0.39, 0.29) is 28.8 Å². The van der Waals surface area contributed by atoms with Crippen LogP contribution in [0.15, 0.2) is 53.4 Å². The predicted octanol–water partition coefficient (Wildman–Crippen LogP) is 1.55. The second-order valence-corrected chi connectivity index (χ2v) is 11.1. The van der Waals surface area contributed by atoms with E-state index in [9.17, 15) is 21.6 Å². The summed E-state index contributed by atoms with van der Waals surface area (Å²) in [6.07, 6.45) is 0.993. The van der Waals surface area contributed by atoms with E-state index in [1.165, 1.54) is 50.5 Å². The molecule has 170 valence electrons. The number of carbonyl (C=O) groups excluding carboxylic acids is 1. The zero-order chi connectivity index (χ0) is 23.2. The molecule has 0 aromatic heterocycles. The van der Waals surface area contributed by atoms with E-state index in [4.69, 9.17) is 16.3 Å². The summed E-state index contributed by atoms with van der Waals surface area (Å²) >= 11 is 6.06. The molecule has 2 rings (SSSR count). The Bertz CT molecular complexity index is 1120. The van der Waals surface area contributed by atoms with Crippen LogP contribution in [0.2, 0.25) is 5.02 Å². The van der Waals surface area contributed by atoms with Gasteiger partial charge < -0.3 is 10.1 Å². The van der Waals surface area contributed by atoms with Gasteiger partial charge in [-0.05, 0) is 36.4 Å². The van der Waals surface area contributed by atoms with Gasteiger partial charge in [0.25, 0.3) is 0 Å². The number of amides is 1. The zero-order valence-electron chi connectivity index (χ0n) is 17.3. The number of ether oxygens (including phenoxy) is 1. The average molecular weight is 490 g/mol. The Morgan fingerprint density at radius 1 is 1.03 bits per heavy atom. The highest BCUT2D eigenvalue weighted by atomic mass is 35.5. The lowest BCUT2D eigenvalue weighted by Crippen LogP contribution is -2.41. The first kappa shape index (κ1) is 24.9. The molecule has 1 amide bonds. The molecule has 0 unspecified atom stereocenters. The number of benzene rings is 2. The van der Waals surface area contributed by atoms with Crippen molar-refractivity contribution in [3.05, 3.63) is 53.6 Å². The molecule has 0 aliphatic rings. The molecule has 9 nitrogen and oxygen atoms in total. The summed E-state index contributed by atoms with van der Waals surface area (Å²) in [5.74, 6) is -0.0952. The summed E-state index contributed by atoms with van der Waals surface area (Å²) in [5.41, 5.74) is 0.214. The van der Waals surface area contributed by atoms with Crippen LogP contribution < -0.4 is 14.4 Å². The maximum Gasteiger partial charge on any atom is 0.242 e. The number of rotatable bonds is 10. The van der Waals surface area contributed by atoms with Crippen molar-refractivity contribution in [3.63, 3.8) is 0 Å². The number of hydrogen-bond acceptors (Lipinski definition) is 6. The molecule has 0 spiro atoms. The Morgan fingerprint density at radius 2 is 1.65 bits per heavy atom. The SMILES string of the molecule is CN(C)S(=O)(=O)c1ccc(OCCNC(=O)CN(c2ccccc2Cl)S(C)(=O)=O)cc1. The fourth-order valence-corrected chi connectivity index (χ4v) is 4.56. The highest BCUT2D eigenvalue weighted by molar-refractivity contribution is 7.92. The Kier molecular flexibility index (Phi) is 8.29. The Labute approximate surface area is 187 Å². The van der Waals surface area contributed by atoms with E-state index in [2.05, 4.69) is 5.32 Å². The van der Waals surface area contributed by atoms with Crippen LogP contribution in [0.5, 0.6) is 5.75 Å². The number of anilines is 1. The summed E-state index contributed by atoms with van der Waals surface area (Å²) < 4.78 is 55.8. The van der Waals surface area contributed by atoms with Crippen LogP contribution in [-0.4, -0.2) is 67.1 Å². The Morgan fingerprint density at radius 3 is 2.19 bits per heavy atom. The summed E-state index contributed by atoms with van der Waals surface area (Å²) in [5, 5.41) is 2.79. The molecule has 0 aliphatic heterocycles. The average Bonchev–Trinajstić information content (AvgIpc) is 2.69. The second-order valence-electron chi connectivity index (χ2n) is 6.68. The van der Waals surface area contributed by atoms with Crippen molar-refractivity contribution in [3.8, 4) is 5.75 Å². The molecule has 0 saturated carbocycles. The van der Waals surface area contributed by atoms with Gasteiger partial charge in [0.1, 0.15) is 18.9 Å². The number of nitrogens with zero attached hydrogens (tertiary/aromatic N) is 2. The van der Waals surface area contributed by atoms with Crippen molar-refractivity contribution in [2.75, 3.05) is 44.4 Å². The van der Waals surface area contributed by atoms with E-state index >= 15 is 0 Å². The van der Waals surface area contributed by atoms with E-state index in [0.717, 1.165) is 14.9 Å². The molecule has 0 fully saturated rings.